The van der Waals surface area contributed by atoms with Crippen molar-refractivity contribution < 1.29 is 4.79 Å². The first kappa shape index (κ1) is 13.5. The molecule has 1 amide bonds. The number of nitrogens with zero attached hydrogens (tertiary/aromatic N) is 1. The van der Waals surface area contributed by atoms with Gasteiger partial charge in [-0.05, 0) is 59.3 Å². The number of halogens is 2. The molecule has 2 aromatic rings. The largest absolute Gasteiger partial charge is 0.320 e. The first-order valence-electron chi connectivity index (χ1n) is 5.25. The average Bonchev–Trinajstić information content (AvgIpc) is 2.35. The minimum Gasteiger partial charge on any atom is -0.320 e. The standard InChI is InChI=1S/C13H10BrIN2O/c1-8-4-5-16-7-12(8)17-13(18)10-6-9(14)2-3-11(10)15/h2-7H,1H3,(H,17,18). The maximum Gasteiger partial charge on any atom is 0.256 e. The van der Waals surface area contributed by atoms with Crippen LogP contribution in [0, 0.1) is 10.5 Å². The molecule has 0 atom stereocenters. The topological polar surface area (TPSA) is 42.0 Å². The molecule has 0 aliphatic carbocycles. The van der Waals surface area contributed by atoms with Crippen molar-refractivity contribution in [3.63, 3.8) is 0 Å². The van der Waals surface area contributed by atoms with Crippen LogP contribution in [0.1, 0.15) is 15.9 Å². The molecule has 0 unspecified atom stereocenters. The number of carbonyl (C=O) groups is 1. The van der Waals surface area contributed by atoms with Crippen LogP contribution in [0.3, 0.4) is 0 Å². The zero-order chi connectivity index (χ0) is 13.1. The van der Waals surface area contributed by atoms with Gasteiger partial charge in [0.15, 0.2) is 0 Å². The smallest absolute Gasteiger partial charge is 0.256 e. The van der Waals surface area contributed by atoms with Crippen LogP contribution in [-0.2, 0) is 0 Å². The van der Waals surface area contributed by atoms with E-state index < -0.39 is 0 Å². The van der Waals surface area contributed by atoms with Crippen LogP contribution in [0.5, 0.6) is 0 Å². The summed E-state index contributed by atoms with van der Waals surface area (Å²) in [5.74, 6) is -0.128. The number of pyridine rings is 1. The van der Waals surface area contributed by atoms with Gasteiger partial charge in [0, 0.05) is 14.2 Å². The lowest BCUT2D eigenvalue weighted by Gasteiger charge is -2.09. The Morgan fingerprint density at radius 2 is 2.17 bits per heavy atom. The third-order valence-electron chi connectivity index (χ3n) is 2.46. The fraction of sp³-hybridized carbons (Fsp3) is 0.0769. The Bertz CT molecular complexity index is 601. The van der Waals surface area contributed by atoms with Crippen LogP contribution in [-0.4, -0.2) is 10.9 Å². The average molecular weight is 417 g/mol. The van der Waals surface area contributed by atoms with Gasteiger partial charge in [0.05, 0.1) is 17.4 Å². The Balaban J connectivity index is 2.28. The highest BCUT2D eigenvalue weighted by molar-refractivity contribution is 14.1. The number of anilines is 1. The van der Waals surface area contributed by atoms with E-state index in [-0.39, 0.29) is 5.91 Å². The van der Waals surface area contributed by atoms with Crippen molar-refractivity contribution in [2.75, 3.05) is 5.32 Å². The molecule has 1 N–H and O–H groups in total. The number of amides is 1. The molecule has 0 aliphatic heterocycles. The fourth-order valence-electron chi connectivity index (χ4n) is 1.46. The Kier molecular flexibility index (Phi) is 4.34. The van der Waals surface area contributed by atoms with Crippen LogP contribution < -0.4 is 5.32 Å². The number of aryl methyl sites for hydroxylation is 1. The fourth-order valence-corrected chi connectivity index (χ4v) is 2.40. The Hall–Kier alpha value is -0.950. The zero-order valence-electron chi connectivity index (χ0n) is 9.58. The summed E-state index contributed by atoms with van der Waals surface area (Å²) in [5, 5.41) is 2.87. The molecular weight excluding hydrogens is 407 g/mol. The van der Waals surface area contributed by atoms with Gasteiger partial charge in [-0.25, -0.2) is 0 Å². The van der Waals surface area contributed by atoms with Crippen LogP contribution in [0.4, 0.5) is 5.69 Å². The molecule has 1 aromatic heterocycles. The predicted octanol–water partition coefficient (Wildman–Crippen LogP) is 4.01. The molecule has 0 radical (unpaired) electrons. The third kappa shape index (κ3) is 3.08. The maximum absolute atomic E-state index is 12.2. The highest BCUT2D eigenvalue weighted by Crippen LogP contribution is 2.20. The Labute approximate surface area is 127 Å². The first-order chi connectivity index (χ1) is 8.58. The van der Waals surface area contributed by atoms with Crippen molar-refractivity contribution in [2.45, 2.75) is 6.92 Å². The number of benzene rings is 1. The molecule has 0 aliphatic rings. The molecule has 18 heavy (non-hydrogen) atoms. The number of aromatic nitrogens is 1. The second-order valence-corrected chi connectivity index (χ2v) is 5.85. The van der Waals surface area contributed by atoms with Crippen molar-refractivity contribution in [3.05, 3.63) is 55.8 Å². The molecule has 0 saturated carbocycles. The molecule has 0 saturated heterocycles. The van der Waals surface area contributed by atoms with Gasteiger partial charge in [-0.3, -0.25) is 9.78 Å². The van der Waals surface area contributed by atoms with E-state index in [1.165, 1.54) is 0 Å². The van der Waals surface area contributed by atoms with Crippen molar-refractivity contribution in [2.24, 2.45) is 0 Å². The summed E-state index contributed by atoms with van der Waals surface area (Å²) in [6, 6.07) is 7.48. The molecule has 0 bridgehead atoms. The summed E-state index contributed by atoms with van der Waals surface area (Å²) in [7, 11) is 0. The molecular formula is C13H10BrIN2O. The Morgan fingerprint density at radius 1 is 1.39 bits per heavy atom. The van der Waals surface area contributed by atoms with E-state index in [4.69, 9.17) is 0 Å². The van der Waals surface area contributed by atoms with E-state index in [0.717, 1.165) is 19.3 Å². The first-order valence-corrected chi connectivity index (χ1v) is 7.12. The third-order valence-corrected chi connectivity index (χ3v) is 3.89. The maximum atomic E-state index is 12.2. The SMILES string of the molecule is Cc1ccncc1NC(=O)c1cc(Br)ccc1I. The lowest BCUT2D eigenvalue weighted by molar-refractivity contribution is 0.102. The van der Waals surface area contributed by atoms with Crippen molar-refractivity contribution in [1.29, 1.82) is 0 Å². The highest BCUT2D eigenvalue weighted by atomic mass is 127. The quantitative estimate of drug-likeness (QED) is 0.751. The van der Waals surface area contributed by atoms with Crippen LogP contribution in [0.2, 0.25) is 0 Å². The Morgan fingerprint density at radius 3 is 2.89 bits per heavy atom. The summed E-state index contributed by atoms with van der Waals surface area (Å²) in [5.41, 5.74) is 2.37. The van der Waals surface area contributed by atoms with Crippen molar-refractivity contribution >= 4 is 50.1 Å². The summed E-state index contributed by atoms with van der Waals surface area (Å²) in [6.07, 6.45) is 3.35. The minimum absolute atomic E-state index is 0.128. The summed E-state index contributed by atoms with van der Waals surface area (Å²) in [4.78, 5) is 16.2. The van der Waals surface area contributed by atoms with Gasteiger partial charge in [-0.1, -0.05) is 15.9 Å². The van der Waals surface area contributed by atoms with Crippen LogP contribution in [0.25, 0.3) is 0 Å². The van der Waals surface area contributed by atoms with E-state index in [1.54, 1.807) is 12.4 Å². The van der Waals surface area contributed by atoms with Crippen molar-refractivity contribution in [3.8, 4) is 0 Å². The van der Waals surface area contributed by atoms with E-state index in [2.05, 4.69) is 48.8 Å². The number of hydrogen-bond acceptors (Lipinski definition) is 2. The van der Waals surface area contributed by atoms with Crippen LogP contribution in [0.15, 0.2) is 41.1 Å². The number of rotatable bonds is 2. The number of carbonyl (C=O) groups excluding carboxylic acids is 1. The lowest BCUT2D eigenvalue weighted by Crippen LogP contribution is -2.14. The highest BCUT2D eigenvalue weighted by Gasteiger charge is 2.11. The predicted molar refractivity (Wildman–Crippen MR) is 83.8 cm³/mol. The molecule has 1 heterocycles. The number of nitrogens with one attached hydrogen (secondary N) is 1. The molecule has 5 heteroatoms. The summed E-state index contributed by atoms with van der Waals surface area (Å²) < 4.78 is 1.80. The van der Waals surface area contributed by atoms with Gasteiger partial charge in [-0.15, -0.1) is 0 Å². The van der Waals surface area contributed by atoms with E-state index in [0.29, 0.717) is 5.56 Å². The lowest BCUT2D eigenvalue weighted by atomic mass is 10.2. The summed E-state index contributed by atoms with van der Waals surface area (Å²) >= 11 is 5.52. The van der Waals surface area contributed by atoms with Gasteiger partial charge in [-0.2, -0.15) is 0 Å². The van der Waals surface area contributed by atoms with E-state index >= 15 is 0 Å². The molecule has 1 aromatic carbocycles. The molecule has 0 fully saturated rings. The second kappa shape index (κ2) is 5.79. The van der Waals surface area contributed by atoms with Gasteiger partial charge in [0.1, 0.15) is 0 Å². The van der Waals surface area contributed by atoms with Gasteiger partial charge in [0.2, 0.25) is 0 Å². The van der Waals surface area contributed by atoms with E-state index in [9.17, 15) is 4.79 Å². The van der Waals surface area contributed by atoms with Gasteiger partial charge < -0.3 is 5.32 Å². The molecule has 3 nitrogen and oxygen atoms in total. The molecule has 2 rings (SSSR count). The van der Waals surface area contributed by atoms with Crippen LogP contribution >= 0.6 is 38.5 Å². The molecule has 0 spiro atoms. The minimum atomic E-state index is -0.128. The monoisotopic (exact) mass is 416 g/mol. The summed E-state index contributed by atoms with van der Waals surface area (Å²) in [6.45, 7) is 1.93. The van der Waals surface area contributed by atoms with Crippen molar-refractivity contribution in [1.82, 2.24) is 4.98 Å². The number of hydrogen-bond donors (Lipinski definition) is 1. The molecule has 92 valence electrons. The van der Waals surface area contributed by atoms with Gasteiger partial charge >= 0.3 is 0 Å². The van der Waals surface area contributed by atoms with Gasteiger partial charge in [0.25, 0.3) is 5.91 Å². The zero-order valence-corrected chi connectivity index (χ0v) is 13.3. The van der Waals surface area contributed by atoms with E-state index in [1.807, 2.05) is 31.2 Å². The normalized spacial score (nSPS) is 10.2. The second-order valence-electron chi connectivity index (χ2n) is 3.77.